The zero-order chi connectivity index (χ0) is 15.1. The highest BCUT2D eigenvalue weighted by Gasteiger charge is 2.12. The van der Waals surface area contributed by atoms with Crippen molar-refractivity contribution in [2.45, 2.75) is 44.6 Å². The molecule has 1 aromatic rings. The van der Waals surface area contributed by atoms with Gasteiger partial charge < -0.3 is 10.6 Å². The van der Waals surface area contributed by atoms with Gasteiger partial charge in [0.15, 0.2) is 0 Å². The number of hydrogen-bond donors (Lipinski definition) is 2. The topological polar surface area (TPSA) is 41.1 Å². The molecule has 0 saturated heterocycles. The van der Waals surface area contributed by atoms with Gasteiger partial charge in [-0.25, -0.2) is 0 Å². The van der Waals surface area contributed by atoms with E-state index in [1.807, 2.05) is 6.07 Å². The van der Waals surface area contributed by atoms with Crippen LogP contribution in [0.15, 0.2) is 22.7 Å². The number of nitrogens with one attached hydrogen (secondary N) is 2. The molecule has 1 saturated carbocycles. The van der Waals surface area contributed by atoms with E-state index < -0.39 is 0 Å². The van der Waals surface area contributed by atoms with Gasteiger partial charge in [0.1, 0.15) is 0 Å². The normalized spacial score (nSPS) is 16.5. The Kier molecular flexibility index (Phi) is 7.00. The van der Waals surface area contributed by atoms with Gasteiger partial charge in [-0.3, -0.25) is 4.79 Å². The molecule has 1 aromatic carbocycles. The third kappa shape index (κ3) is 5.61. The van der Waals surface area contributed by atoms with Crippen molar-refractivity contribution in [1.29, 1.82) is 0 Å². The van der Waals surface area contributed by atoms with Crippen molar-refractivity contribution < 1.29 is 4.79 Å². The van der Waals surface area contributed by atoms with Crippen molar-refractivity contribution >= 4 is 33.4 Å². The standard InChI is InChI=1S/C16H22BrClN2O/c17-12-7-8-15(18)14(11-12)16(21)20-10-9-19-13-5-3-1-2-4-6-13/h7-8,11,13,19H,1-6,9-10H2,(H,20,21). The Balaban J connectivity index is 1.72. The van der Waals surface area contributed by atoms with E-state index in [0.29, 0.717) is 23.2 Å². The Morgan fingerprint density at radius 3 is 2.62 bits per heavy atom. The molecule has 0 radical (unpaired) electrons. The van der Waals surface area contributed by atoms with Crippen LogP contribution in [0, 0.1) is 0 Å². The van der Waals surface area contributed by atoms with Crippen LogP contribution >= 0.6 is 27.5 Å². The van der Waals surface area contributed by atoms with E-state index in [0.717, 1.165) is 11.0 Å². The Bertz CT molecular complexity index is 473. The lowest BCUT2D eigenvalue weighted by molar-refractivity contribution is 0.0953. The summed E-state index contributed by atoms with van der Waals surface area (Å²) in [6, 6.07) is 5.91. The van der Waals surface area contributed by atoms with Gasteiger partial charge in [0, 0.05) is 23.6 Å². The first-order valence-corrected chi connectivity index (χ1v) is 8.80. The van der Waals surface area contributed by atoms with Crippen LogP contribution in [-0.4, -0.2) is 25.0 Å². The molecule has 2 rings (SSSR count). The molecule has 21 heavy (non-hydrogen) atoms. The molecule has 1 fully saturated rings. The highest BCUT2D eigenvalue weighted by atomic mass is 79.9. The molecule has 0 heterocycles. The van der Waals surface area contributed by atoms with Crippen molar-refractivity contribution in [3.8, 4) is 0 Å². The highest BCUT2D eigenvalue weighted by Crippen LogP contribution is 2.20. The van der Waals surface area contributed by atoms with Crippen molar-refractivity contribution in [2.24, 2.45) is 0 Å². The number of carbonyl (C=O) groups excluding carboxylic acids is 1. The van der Waals surface area contributed by atoms with Crippen LogP contribution in [0.1, 0.15) is 48.9 Å². The van der Waals surface area contributed by atoms with E-state index >= 15 is 0 Å². The van der Waals surface area contributed by atoms with E-state index in [9.17, 15) is 4.79 Å². The molecular weight excluding hydrogens is 352 g/mol. The number of carbonyl (C=O) groups is 1. The predicted molar refractivity (Wildman–Crippen MR) is 91.0 cm³/mol. The molecule has 3 nitrogen and oxygen atoms in total. The molecule has 0 bridgehead atoms. The summed E-state index contributed by atoms with van der Waals surface area (Å²) in [5.74, 6) is -0.121. The lowest BCUT2D eigenvalue weighted by atomic mass is 10.1. The summed E-state index contributed by atoms with van der Waals surface area (Å²) in [6.07, 6.45) is 7.86. The Hall–Kier alpha value is -0.580. The van der Waals surface area contributed by atoms with Gasteiger partial charge in [0.25, 0.3) is 5.91 Å². The Morgan fingerprint density at radius 2 is 1.90 bits per heavy atom. The van der Waals surface area contributed by atoms with Gasteiger partial charge in [0.05, 0.1) is 10.6 Å². The van der Waals surface area contributed by atoms with Gasteiger partial charge in [-0.2, -0.15) is 0 Å². The third-order valence-electron chi connectivity index (χ3n) is 3.87. The lowest BCUT2D eigenvalue weighted by Crippen LogP contribution is -2.36. The Labute approximate surface area is 140 Å². The summed E-state index contributed by atoms with van der Waals surface area (Å²) >= 11 is 9.40. The van der Waals surface area contributed by atoms with Crippen LogP contribution in [0.2, 0.25) is 5.02 Å². The van der Waals surface area contributed by atoms with Crippen molar-refractivity contribution in [2.75, 3.05) is 13.1 Å². The van der Waals surface area contributed by atoms with Crippen LogP contribution in [-0.2, 0) is 0 Å². The number of rotatable bonds is 5. The minimum Gasteiger partial charge on any atom is -0.351 e. The molecule has 2 N–H and O–H groups in total. The number of benzene rings is 1. The van der Waals surface area contributed by atoms with Crippen molar-refractivity contribution in [3.63, 3.8) is 0 Å². The van der Waals surface area contributed by atoms with Crippen molar-refractivity contribution in [1.82, 2.24) is 10.6 Å². The summed E-state index contributed by atoms with van der Waals surface area (Å²) in [4.78, 5) is 12.1. The largest absolute Gasteiger partial charge is 0.351 e. The lowest BCUT2D eigenvalue weighted by Gasteiger charge is -2.16. The van der Waals surface area contributed by atoms with Gasteiger partial charge >= 0.3 is 0 Å². The maximum atomic E-state index is 12.1. The van der Waals surface area contributed by atoms with Gasteiger partial charge in [-0.1, -0.05) is 53.2 Å². The fourth-order valence-electron chi connectivity index (χ4n) is 2.70. The minimum absolute atomic E-state index is 0.121. The first-order chi connectivity index (χ1) is 10.2. The van der Waals surface area contributed by atoms with Gasteiger partial charge in [0.2, 0.25) is 0 Å². The zero-order valence-corrected chi connectivity index (χ0v) is 14.5. The molecule has 0 aromatic heterocycles. The van der Waals surface area contributed by atoms with Crippen LogP contribution < -0.4 is 10.6 Å². The molecule has 0 unspecified atom stereocenters. The van der Waals surface area contributed by atoms with Gasteiger partial charge in [-0.05, 0) is 31.0 Å². The first-order valence-electron chi connectivity index (χ1n) is 7.63. The number of amides is 1. The second kappa shape index (κ2) is 8.76. The molecule has 5 heteroatoms. The van der Waals surface area contributed by atoms with Crippen molar-refractivity contribution in [3.05, 3.63) is 33.3 Å². The van der Waals surface area contributed by atoms with Gasteiger partial charge in [-0.15, -0.1) is 0 Å². The summed E-state index contributed by atoms with van der Waals surface area (Å²) in [5.41, 5.74) is 0.514. The second-order valence-corrected chi connectivity index (χ2v) is 6.85. The quantitative estimate of drug-likeness (QED) is 0.601. The zero-order valence-electron chi connectivity index (χ0n) is 12.1. The second-order valence-electron chi connectivity index (χ2n) is 5.52. The van der Waals surface area contributed by atoms with E-state index in [-0.39, 0.29) is 5.91 Å². The maximum absolute atomic E-state index is 12.1. The molecule has 1 aliphatic carbocycles. The van der Waals surface area contributed by atoms with E-state index in [1.165, 1.54) is 38.5 Å². The van der Waals surface area contributed by atoms with E-state index in [1.54, 1.807) is 12.1 Å². The maximum Gasteiger partial charge on any atom is 0.252 e. The SMILES string of the molecule is O=C(NCCNC1CCCCCC1)c1cc(Br)ccc1Cl. The fraction of sp³-hybridized carbons (Fsp3) is 0.562. The molecule has 116 valence electrons. The molecule has 0 aliphatic heterocycles. The summed E-state index contributed by atoms with van der Waals surface area (Å²) < 4.78 is 0.855. The average molecular weight is 374 g/mol. The third-order valence-corrected chi connectivity index (χ3v) is 4.69. The number of halogens is 2. The van der Waals surface area contributed by atoms with E-state index in [2.05, 4.69) is 26.6 Å². The average Bonchev–Trinajstić information content (AvgIpc) is 2.74. The molecule has 1 aliphatic rings. The summed E-state index contributed by atoms with van der Waals surface area (Å²) in [6.45, 7) is 1.43. The number of hydrogen-bond acceptors (Lipinski definition) is 2. The predicted octanol–water partition coefficient (Wildman–Crippen LogP) is 4.14. The van der Waals surface area contributed by atoms with Crippen LogP contribution in [0.25, 0.3) is 0 Å². The minimum atomic E-state index is -0.121. The molecule has 0 spiro atoms. The Morgan fingerprint density at radius 1 is 1.19 bits per heavy atom. The first kappa shape index (κ1) is 16.8. The molecule has 0 atom stereocenters. The van der Waals surface area contributed by atoms with Crippen LogP contribution in [0.5, 0.6) is 0 Å². The van der Waals surface area contributed by atoms with E-state index in [4.69, 9.17) is 11.6 Å². The molecular formula is C16H22BrClN2O. The summed E-state index contributed by atoms with van der Waals surface area (Å²) in [5, 5.41) is 6.93. The highest BCUT2D eigenvalue weighted by molar-refractivity contribution is 9.10. The van der Waals surface area contributed by atoms with Crippen LogP contribution in [0.4, 0.5) is 0 Å². The van der Waals surface area contributed by atoms with Crippen LogP contribution in [0.3, 0.4) is 0 Å². The summed E-state index contributed by atoms with van der Waals surface area (Å²) in [7, 11) is 0. The monoisotopic (exact) mass is 372 g/mol. The smallest absolute Gasteiger partial charge is 0.252 e. The molecule has 1 amide bonds. The fourth-order valence-corrected chi connectivity index (χ4v) is 3.27.